The van der Waals surface area contributed by atoms with Gasteiger partial charge in [0.05, 0.1) is 11.7 Å². The Morgan fingerprint density at radius 2 is 2.06 bits per heavy atom. The van der Waals surface area contributed by atoms with Gasteiger partial charge >= 0.3 is 0 Å². The minimum absolute atomic E-state index is 0.0557. The van der Waals surface area contributed by atoms with Crippen LogP contribution in [0.4, 0.5) is 0 Å². The van der Waals surface area contributed by atoms with Crippen LogP contribution < -0.4 is 0 Å². The maximum atomic E-state index is 9.17. The maximum absolute atomic E-state index is 9.17. The molecule has 0 amide bonds. The molecule has 3 heteroatoms. The zero-order valence-electron chi connectivity index (χ0n) is 9.77. The molecule has 1 unspecified atom stereocenters. The van der Waals surface area contributed by atoms with Crippen molar-refractivity contribution in [1.82, 2.24) is 0 Å². The molecule has 0 aromatic heterocycles. The van der Waals surface area contributed by atoms with E-state index < -0.39 is 0 Å². The standard InChI is InChI=1S/C13H18O2S/c1-13(2)8-7-11(15-13)9-16-12-5-3-10(14)4-6-12/h3-6,11,14H,7-9H2,1-2H3. The monoisotopic (exact) mass is 238 g/mol. The number of phenols is 1. The quantitative estimate of drug-likeness (QED) is 0.818. The fourth-order valence-electron chi connectivity index (χ4n) is 1.93. The lowest BCUT2D eigenvalue weighted by Crippen LogP contribution is -2.20. The molecule has 16 heavy (non-hydrogen) atoms. The van der Waals surface area contributed by atoms with Gasteiger partial charge < -0.3 is 9.84 Å². The highest BCUT2D eigenvalue weighted by Gasteiger charge is 2.31. The Bertz CT molecular complexity index is 345. The van der Waals surface area contributed by atoms with Gasteiger partial charge in [-0.15, -0.1) is 11.8 Å². The van der Waals surface area contributed by atoms with Gasteiger partial charge in [0.15, 0.2) is 0 Å². The molecule has 1 fully saturated rings. The van der Waals surface area contributed by atoms with Gasteiger partial charge in [0, 0.05) is 10.6 Å². The first-order valence-electron chi connectivity index (χ1n) is 5.65. The molecule has 0 bridgehead atoms. The smallest absolute Gasteiger partial charge is 0.115 e. The van der Waals surface area contributed by atoms with Gasteiger partial charge in [0.2, 0.25) is 0 Å². The summed E-state index contributed by atoms with van der Waals surface area (Å²) in [7, 11) is 0. The second kappa shape index (κ2) is 4.68. The zero-order chi connectivity index (χ0) is 11.6. The Morgan fingerprint density at radius 3 is 2.62 bits per heavy atom. The topological polar surface area (TPSA) is 29.5 Å². The predicted molar refractivity (Wildman–Crippen MR) is 67.0 cm³/mol. The molecule has 0 radical (unpaired) electrons. The summed E-state index contributed by atoms with van der Waals surface area (Å²) < 4.78 is 5.92. The van der Waals surface area contributed by atoms with E-state index in [4.69, 9.17) is 4.74 Å². The molecular weight excluding hydrogens is 220 g/mol. The van der Waals surface area contributed by atoms with Gasteiger partial charge in [-0.2, -0.15) is 0 Å². The van der Waals surface area contributed by atoms with E-state index in [0.717, 1.165) is 18.6 Å². The summed E-state index contributed by atoms with van der Waals surface area (Å²) in [5.74, 6) is 1.32. The number of hydrogen-bond donors (Lipinski definition) is 1. The number of ether oxygens (including phenoxy) is 1. The van der Waals surface area contributed by atoms with Crippen molar-refractivity contribution < 1.29 is 9.84 Å². The third-order valence-corrected chi connectivity index (χ3v) is 3.97. The Labute approximate surface area is 101 Å². The van der Waals surface area contributed by atoms with Gasteiger partial charge in [0.1, 0.15) is 5.75 Å². The highest BCUT2D eigenvalue weighted by atomic mass is 32.2. The van der Waals surface area contributed by atoms with Crippen molar-refractivity contribution in [3.63, 3.8) is 0 Å². The van der Waals surface area contributed by atoms with Crippen molar-refractivity contribution in [2.24, 2.45) is 0 Å². The van der Waals surface area contributed by atoms with Crippen LogP contribution in [0.25, 0.3) is 0 Å². The van der Waals surface area contributed by atoms with Crippen LogP contribution in [0.5, 0.6) is 5.75 Å². The molecule has 2 rings (SSSR count). The maximum Gasteiger partial charge on any atom is 0.115 e. The lowest BCUT2D eigenvalue weighted by Gasteiger charge is -2.18. The predicted octanol–water partition coefficient (Wildman–Crippen LogP) is 3.44. The van der Waals surface area contributed by atoms with Crippen molar-refractivity contribution in [3.05, 3.63) is 24.3 Å². The molecule has 1 atom stereocenters. The van der Waals surface area contributed by atoms with Crippen LogP contribution >= 0.6 is 11.8 Å². The average Bonchev–Trinajstić information content (AvgIpc) is 2.58. The van der Waals surface area contributed by atoms with Crippen LogP contribution in [0, 0.1) is 0 Å². The Kier molecular flexibility index (Phi) is 3.45. The van der Waals surface area contributed by atoms with E-state index in [9.17, 15) is 5.11 Å². The zero-order valence-corrected chi connectivity index (χ0v) is 10.6. The van der Waals surface area contributed by atoms with E-state index in [-0.39, 0.29) is 5.60 Å². The van der Waals surface area contributed by atoms with E-state index in [1.54, 1.807) is 23.9 Å². The average molecular weight is 238 g/mol. The molecule has 0 aliphatic carbocycles. The van der Waals surface area contributed by atoms with Crippen LogP contribution in [0.15, 0.2) is 29.2 Å². The Balaban J connectivity index is 1.82. The summed E-state index contributed by atoms with van der Waals surface area (Å²) in [6.45, 7) is 4.30. The molecule has 1 aliphatic heterocycles. The van der Waals surface area contributed by atoms with Gasteiger partial charge in [-0.3, -0.25) is 0 Å². The lowest BCUT2D eigenvalue weighted by atomic mass is 10.1. The fraction of sp³-hybridized carbons (Fsp3) is 0.538. The van der Waals surface area contributed by atoms with Gasteiger partial charge in [0.25, 0.3) is 0 Å². The first kappa shape index (κ1) is 11.8. The second-order valence-electron chi connectivity index (χ2n) is 4.84. The number of phenolic OH excluding ortho intramolecular Hbond substituents is 1. The molecule has 1 aromatic rings. The molecule has 2 nitrogen and oxygen atoms in total. The molecule has 1 aromatic carbocycles. The lowest BCUT2D eigenvalue weighted by molar-refractivity contribution is -0.00466. The minimum atomic E-state index is 0.0557. The third-order valence-electron chi connectivity index (χ3n) is 2.83. The van der Waals surface area contributed by atoms with Crippen molar-refractivity contribution in [1.29, 1.82) is 0 Å². The molecule has 0 spiro atoms. The van der Waals surface area contributed by atoms with E-state index in [1.165, 1.54) is 4.90 Å². The Morgan fingerprint density at radius 1 is 1.38 bits per heavy atom. The summed E-state index contributed by atoms with van der Waals surface area (Å²) in [5, 5.41) is 9.17. The van der Waals surface area contributed by atoms with Gasteiger partial charge in [-0.25, -0.2) is 0 Å². The summed E-state index contributed by atoms with van der Waals surface area (Å²) >= 11 is 1.79. The first-order valence-corrected chi connectivity index (χ1v) is 6.63. The molecule has 88 valence electrons. The first-order chi connectivity index (χ1) is 7.55. The minimum Gasteiger partial charge on any atom is -0.508 e. The number of benzene rings is 1. The van der Waals surface area contributed by atoms with E-state index in [2.05, 4.69) is 13.8 Å². The van der Waals surface area contributed by atoms with E-state index >= 15 is 0 Å². The van der Waals surface area contributed by atoms with Gasteiger partial charge in [-0.05, 0) is 51.0 Å². The van der Waals surface area contributed by atoms with E-state index in [0.29, 0.717) is 11.9 Å². The fourth-order valence-corrected chi connectivity index (χ4v) is 2.87. The molecule has 0 saturated carbocycles. The normalized spacial score (nSPS) is 23.5. The van der Waals surface area contributed by atoms with Crippen molar-refractivity contribution in [2.45, 2.75) is 43.3 Å². The summed E-state index contributed by atoms with van der Waals surface area (Å²) in [6.07, 6.45) is 2.67. The van der Waals surface area contributed by atoms with Crippen molar-refractivity contribution >= 4 is 11.8 Å². The number of rotatable bonds is 3. The van der Waals surface area contributed by atoms with Crippen LogP contribution in [-0.2, 0) is 4.74 Å². The van der Waals surface area contributed by atoms with Crippen molar-refractivity contribution in [3.8, 4) is 5.75 Å². The SMILES string of the molecule is CC1(C)CCC(CSc2ccc(O)cc2)O1. The largest absolute Gasteiger partial charge is 0.508 e. The highest BCUT2D eigenvalue weighted by molar-refractivity contribution is 7.99. The second-order valence-corrected chi connectivity index (χ2v) is 5.94. The van der Waals surface area contributed by atoms with Crippen LogP contribution in [0.1, 0.15) is 26.7 Å². The van der Waals surface area contributed by atoms with E-state index in [1.807, 2.05) is 12.1 Å². The molecule has 1 aliphatic rings. The van der Waals surface area contributed by atoms with Crippen LogP contribution in [-0.4, -0.2) is 22.6 Å². The van der Waals surface area contributed by atoms with Crippen LogP contribution in [0.3, 0.4) is 0 Å². The summed E-state index contributed by atoms with van der Waals surface area (Å²) in [6, 6.07) is 7.34. The van der Waals surface area contributed by atoms with Gasteiger partial charge in [-0.1, -0.05) is 0 Å². The number of hydrogen-bond acceptors (Lipinski definition) is 3. The van der Waals surface area contributed by atoms with Crippen LogP contribution in [0.2, 0.25) is 0 Å². The molecular formula is C13H18O2S. The summed E-state index contributed by atoms with van der Waals surface area (Å²) in [5.41, 5.74) is 0.0557. The van der Waals surface area contributed by atoms with Crippen molar-refractivity contribution in [2.75, 3.05) is 5.75 Å². The molecule has 1 saturated heterocycles. The third kappa shape index (κ3) is 3.16. The molecule has 1 heterocycles. The highest BCUT2D eigenvalue weighted by Crippen LogP contribution is 2.32. The molecule has 1 N–H and O–H groups in total. The number of thioether (sulfide) groups is 1. The Hall–Kier alpha value is -0.670. The summed E-state index contributed by atoms with van der Waals surface area (Å²) in [4.78, 5) is 1.19. The number of aromatic hydroxyl groups is 1.